The zero-order valence-corrected chi connectivity index (χ0v) is 12.0. The Hall–Kier alpha value is -1.52. The van der Waals surface area contributed by atoms with E-state index in [1.54, 1.807) is 39.0 Å². The number of halogens is 1. The molecule has 0 unspecified atom stereocenters. The summed E-state index contributed by atoms with van der Waals surface area (Å²) < 4.78 is 4.78. The van der Waals surface area contributed by atoms with Crippen molar-refractivity contribution in [3.05, 3.63) is 34.4 Å². The van der Waals surface area contributed by atoms with Gasteiger partial charge in [-0.1, -0.05) is 11.6 Å². The predicted octanol–water partition coefficient (Wildman–Crippen LogP) is 2.73. The van der Waals surface area contributed by atoms with E-state index in [4.69, 9.17) is 22.1 Å². The van der Waals surface area contributed by atoms with Gasteiger partial charge < -0.3 is 15.6 Å². The number of carbonyl (C=O) groups is 1. The molecule has 0 amide bonds. The minimum absolute atomic E-state index is 0.314. The number of rotatable bonds is 4. The number of anilines is 1. The van der Waals surface area contributed by atoms with Crippen LogP contribution in [-0.4, -0.2) is 17.7 Å². The second-order valence-electron chi connectivity index (χ2n) is 4.61. The van der Waals surface area contributed by atoms with E-state index in [1.165, 1.54) is 6.08 Å². The molecule has 0 aliphatic carbocycles. The van der Waals surface area contributed by atoms with E-state index in [0.29, 0.717) is 28.4 Å². The summed E-state index contributed by atoms with van der Waals surface area (Å²) in [5.41, 5.74) is 6.32. The summed E-state index contributed by atoms with van der Waals surface area (Å²) in [5.74, 6) is -0.443. The summed E-state index contributed by atoms with van der Waals surface area (Å²) in [5, 5.41) is 10.4. The Labute approximate surface area is 117 Å². The highest BCUT2D eigenvalue weighted by Crippen LogP contribution is 2.32. The first-order valence-corrected chi connectivity index (χ1v) is 6.30. The normalized spacial score (nSPS) is 11.8. The maximum absolute atomic E-state index is 11.3. The summed E-state index contributed by atoms with van der Waals surface area (Å²) >= 11 is 6.04. The molecule has 4 nitrogen and oxygen atoms in total. The molecule has 0 heterocycles. The highest BCUT2D eigenvalue weighted by atomic mass is 35.5. The monoisotopic (exact) mass is 283 g/mol. The number of ether oxygens (including phenoxy) is 1. The van der Waals surface area contributed by atoms with Crippen molar-refractivity contribution in [1.82, 2.24) is 0 Å². The van der Waals surface area contributed by atoms with Crippen molar-refractivity contribution >= 4 is 29.3 Å². The molecule has 0 saturated carbocycles. The van der Waals surface area contributed by atoms with Gasteiger partial charge in [-0.2, -0.15) is 0 Å². The Morgan fingerprint density at radius 1 is 1.53 bits per heavy atom. The van der Waals surface area contributed by atoms with Crippen LogP contribution in [0.15, 0.2) is 18.2 Å². The van der Waals surface area contributed by atoms with Gasteiger partial charge >= 0.3 is 5.97 Å². The van der Waals surface area contributed by atoms with Crippen molar-refractivity contribution < 1.29 is 14.6 Å². The van der Waals surface area contributed by atoms with Crippen molar-refractivity contribution in [3.63, 3.8) is 0 Å². The number of esters is 1. The van der Waals surface area contributed by atoms with Gasteiger partial charge in [-0.05, 0) is 44.5 Å². The summed E-state index contributed by atoms with van der Waals surface area (Å²) in [7, 11) is 0. The third kappa shape index (κ3) is 4.26. The number of nitrogen functional groups attached to an aromatic ring is 1. The van der Waals surface area contributed by atoms with Gasteiger partial charge in [0.2, 0.25) is 0 Å². The fourth-order valence-electron chi connectivity index (χ4n) is 1.57. The van der Waals surface area contributed by atoms with Crippen molar-refractivity contribution in [2.75, 3.05) is 12.3 Å². The molecule has 5 heteroatoms. The van der Waals surface area contributed by atoms with Gasteiger partial charge in [0.15, 0.2) is 0 Å². The Kier molecular flexibility index (Phi) is 4.97. The lowest BCUT2D eigenvalue weighted by atomic mass is 9.95. The Bertz CT molecular complexity index is 504. The highest BCUT2D eigenvalue weighted by molar-refractivity contribution is 6.31. The fourth-order valence-corrected chi connectivity index (χ4v) is 1.97. The number of benzene rings is 1. The Morgan fingerprint density at radius 2 is 2.16 bits per heavy atom. The largest absolute Gasteiger partial charge is 0.463 e. The number of hydrogen-bond donors (Lipinski definition) is 2. The van der Waals surface area contributed by atoms with Gasteiger partial charge in [0.1, 0.15) is 0 Å². The zero-order chi connectivity index (χ0) is 14.6. The van der Waals surface area contributed by atoms with E-state index in [-0.39, 0.29) is 0 Å². The van der Waals surface area contributed by atoms with Crippen LogP contribution in [0.25, 0.3) is 6.08 Å². The molecule has 1 aromatic rings. The van der Waals surface area contributed by atoms with Crippen LogP contribution in [0.4, 0.5) is 5.69 Å². The first kappa shape index (κ1) is 15.5. The minimum Gasteiger partial charge on any atom is -0.463 e. The van der Waals surface area contributed by atoms with Gasteiger partial charge in [-0.25, -0.2) is 4.79 Å². The maximum Gasteiger partial charge on any atom is 0.330 e. The molecule has 0 bridgehead atoms. The van der Waals surface area contributed by atoms with E-state index in [9.17, 15) is 9.90 Å². The van der Waals surface area contributed by atoms with E-state index >= 15 is 0 Å². The molecule has 0 aromatic heterocycles. The average Bonchev–Trinajstić information content (AvgIpc) is 2.26. The van der Waals surface area contributed by atoms with Crippen LogP contribution in [0.2, 0.25) is 5.02 Å². The number of nitrogens with two attached hydrogens (primary N) is 1. The quantitative estimate of drug-likeness (QED) is 0.506. The zero-order valence-electron chi connectivity index (χ0n) is 11.2. The fraction of sp³-hybridized carbons (Fsp3) is 0.357. The second kappa shape index (κ2) is 6.08. The van der Waals surface area contributed by atoms with Crippen LogP contribution in [0.3, 0.4) is 0 Å². The van der Waals surface area contributed by atoms with Gasteiger partial charge in [-0.15, -0.1) is 0 Å². The summed E-state index contributed by atoms with van der Waals surface area (Å²) in [6.45, 7) is 5.30. The summed E-state index contributed by atoms with van der Waals surface area (Å²) in [4.78, 5) is 11.3. The number of hydrogen-bond acceptors (Lipinski definition) is 4. The average molecular weight is 284 g/mol. The lowest BCUT2D eigenvalue weighted by Gasteiger charge is -2.20. The lowest BCUT2D eigenvalue weighted by Crippen LogP contribution is -2.16. The van der Waals surface area contributed by atoms with Crippen LogP contribution < -0.4 is 5.73 Å². The lowest BCUT2D eigenvalue weighted by molar-refractivity contribution is -0.137. The second-order valence-corrected chi connectivity index (χ2v) is 5.01. The Balaban J connectivity index is 3.12. The van der Waals surface area contributed by atoms with Gasteiger partial charge in [0.25, 0.3) is 0 Å². The molecule has 1 rings (SSSR count). The van der Waals surface area contributed by atoms with Crippen molar-refractivity contribution in [1.29, 1.82) is 0 Å². The molecule has 0 fully saturated rings. The molecule has 3 N–H and O–H groups in total. The third-order valence-electron chi connectivity index (χ3n) is 2.52. The maximum atomic E-state index is 11.3. The van der Waals surface area contributed by atoms with Crippen LogP contribution >= 0.6 is 11.6 Å². The van der Waals surface area contributed by atoms with Gasteiger partial charge in [0.05, 0.1) is 12.2 Å². The topological polar surface area (TPSA) is 72.5 Å². The molecule has 0 radical (unpaired) electrons. The highest BCUT2D eigenvalue weighted by Gasteiger charge is 2.20. The number of carbonyl (C=O) groups excluding carboxylic acids is 1. The predicted molar refractivity (Wildman–Crippen MR) is 76.8 cm³/mol. The van der Waals surface area contributed by atoms with E-state index < -0.39 is 11.6 Å². The molecular formula is C14H18ClNO3. The van der Waals surface area contributed by atoms with Gasteiger partial charge in [0, 0.05) is 22.3 Å². The molecule has 0 aliphatic heterocycles. The molecule has 0 saturated heterocycles. The van der Waals surface area contributed by atoms with Crippen LogP contribution in [0, 0.1) is 0 Å². The van der Waals surface area contributed by atoms with Crippen molar-refractivity contribution in [3.8, 4) is 0 Å². The minimum atomic E-state index is -1.09. The molecule has 19 heavy (non-hydrogen) atoms. The van der Waals surface area contributed by atoms with E-state index in [2.05, 4.69) is 0 Å². The standard InChI is InChI=1S/C14H18ClNO3/c1-4-19-13(17)6-5-9-7-10(14(2,3)18)11(15)8-12(9)16/h5-8,18H,4,16H2,1-3H3. The number of aliphatic hydroxyl groups is 1. The summed E-state index contributed by atoms with van der Waals surface area (Å²) in [6.07, 6.45) is 2.83. The smallest absolute Gasteiger partial charge is 0.330 e. The molecule has 0 atom stereocenters. The van der Waals surface area contributed by atoms with Crippen molar-refractivity contribution in [2.45, 2.75) is 26.4 Å². The molecule has 0 aliphatic rings. The van der Waals surface area contributed by atoms with Crippen LogP contribution in [0.1, 0.15) is 31.9 Å². The van der Waals surface area contributed by atoms with Crippen LogP contribution in [0.5, 0.6) is 0 Å². The molecule has 1 aromatic carbocycles. The SMILES string of the molecule is CCOC(=O)C=Cc1cc(C(C)(C)O)c(Cl)cc1N. The molecule has 104 valence electrons. The van der Waals surface area contributed by atoms with Crippen molar-refractivity contribution in [2.24, 2.45) is 0 Å². The first-order valence-electron chi connectivity index (χ1n) is 5.92. The summed E-state index contributed by atoms with van der Waals surface area (Å²) in [6, 6.07) is 3.22. The molecular weight excluding hydrogens is 266 g/mol. The first-order chi connectivity index (χ1) is 8.75. The van der Waals surface area contributed by atoms with Crippen LogP contribution in [-0.2, 0) is 15.1 Å². The van der Waals surface area contributed by atoms with E-state index in [0.717, 1.165) is 0 Å². The molecule has 0 spiro atoms. The third-order valence-corrected chi connectivity index (χ3v) is 2.83. The van der Waals surface area contributed by atoms with Gasteiger partial charge in [-0.3, -0.25) is 0 Å². The van der Waals surface area contributed by atoms with E-state index in [1.807, 2.05) is 0 Å². The Morgan fingerprint density at radius 3 is 2.68 bits per heavy atom.